The maximum Gasteiger partial charge on any atom is 0.321 e. The Labute approximate surface area is 231 Å². The summed E-state index contributed by atoms with van der Waals surface area (Å²) in [5.74, 6) is 2.63. The molecule has 2 aliphatic rings. The van der Waals surface area contributed by atoms with Crippen LogP contribution in [-0.4, -0.2) is 66.1 Å². The molecule has 0 unspecified atom stereocenters. The Kier molecular flexibility index (Phi) is 7.91. The minimum atomic E-state index is -0.00584. The van der Waals surface area contributed by atoms with E-state index in [9.17, 15) is 4.79 Å². The summed E-state index contributed by atoms with van der Waals surface area (Å²) in [4.78, 5) is 32.6. The molecule has 38 heavy (non-hydrogen) atoms. The fourth-order valence-electron chi connectivity index (χ4n) is 5.77. The van der Waals surface area contributed by atoms with Crippen LogP contribution in [0.15, 0.2) is 18.2 Å². The highest BCUT2D eigenvalue weighted by Gasteiger charge is 2.28. The fraction of sp³-hybridized carbons (Fsp3) is 0.567. The van der Waals surface area contributed by atoms with E-state index in [0.717, 1.165) is 54.6 Å². The van der Waals surface area contributed by atoms with Crippen molar-refractivity contribution >= 4 is 39.1 Å². The second kappa shape index (κ2) is 11.2. The number of piperazine rings is 1. The van der Waals surface area contributed by atoms with Gasteiger partial charge in [-0.1, -0.05) is 45.9 Å². The van der Waals surface area contributed by atoms with Gasteiger partial charge in [-0.3, -0.25) is 0 Å². The number of para-hydroxylation sites is 1. The van der Waals surface area contributed by atoms with Gasteiger partial charge >= 0.3 is 6.03 Å². The molecule has 1 aliphatic heterocycles. The molecule has 1 N–H and O–H groups in total. The Bertz CT molecular complexity index is 1280. The predicted molar refractivity (Wildman–Crippen MR) is 159 cm³/mol. The van der Waals surface area contributed by atoms with Crippen LogP contribution in [-0.2, 0) is 19.4 Å². The predicted octanol–water partition coefficient (Wildman–Crippen LogP) is 6.23. The van der Waals surface area contributed by atoms with E-state index in [2.05, 4.69) is 75.1 Å². The summed E-state index contributed by atoms with van der Waals surface area (Å²) in [5, 5.41) is 4.56. The number of nitrogens with zero attached hydrogens (tertiary/aromatic N) is 5. The van der Waals surface area contributed by atoms with Crippen LogP contribution in [0.1, 0.15) is 79.8 Å². The summed E-state index contributed by atoms with van der Waals surface area (Å²) in [6.45, 7) is 12.4. The Morgan fingerprint density at radius 2 is 1.66 bits per heavy atom. The molecule has 0 spiro atoms. The van der Waals surface area contributed by atoms with Crippen LogP contribution in [0.4, 0.5) is 16.3 Å². The summed E-state index contributed by atoms with van der Waals surface area (Å²) in [7, 11) is 4.12. The van der Waals surface area contributed by atoms with Crippen molar-refractivity contribution in [2.75, 3.05) is 50.5 Å². The summed E-state index contributed by atoms with van der Waals surface area (Å²) in [6, 6.07) is 6.37. The number of thiophene rings is 1. The lowest BCUT2D eigenvalue weighted by Gasteiger charge is -2.36. The number of hydrogen-bond acceptors (Lipinski definition) is 6. The van der Waals surface area contributed by atoms with Crippen LogP contribution >= 0.6 is 11.3 Å². The number of rotatable bonds is 6. The molecule has 3 heterocycles. The van der Waals surface area contributed by atoms with Gasteiger partial charge in [0.05, 0.1) is 11.9 Å². The zero-order valence-electron chi connectivity index (χ0n) is 23.8. The molecule has 3 aromatic rings. The van der Waals surface area contributed by atoms with Gasteiger partial charge in [-0.05, 0) is 68.3 Å². The van der Waals surface area contributed by atoms with Gasteiger partial charge in [0.2, 0.25) is 0 Å². The molecule has 1 aliphatic carbocycles. The maximum atomic E-state index is 13.5. The monoisotopic (exact) mass is 534 g/mol. The van der Waals surface area contributed by atoms with Crippen LogP contribution in [0.5, 0.6) is 0 Å². The number of carbonyl (C=O) groups is 1. The second-order valence-corrected chi connectivity index (χ2v) is 12.7. The molecule has 8 heteroatoms. The third kappa shape index (κ3) is 5.38. The first-order valence-corrected chi connectivity index (χ1v) is 14.9. The number of amides is 2. The highest BCUT2D eigenvalue weighted by Crippen LogP contribution is 2.40. The van der Waals surface area contributed by atoms with Crippen molar-refractivity contribution in [1.29, 1.82) is 0 Å². The third-order valence-corrected chi connectivity index (χ3v) is 8.96. The Hall–Kier alpha value is -2.71. The largest absolute Gasteiger partial charge is 0.352 e. The number of anilines is 2. The molecule has 1 aromatic carbocycles. The van der Waals surface area contributed by atoms with E-state index in [0.29, 0.717) is 24.9 Å². The van der Waals surface area contributed by atoms with Crippen molar-refractivity contribution in [3.8, 4) is 0 Å². The number of aryl methyl sites for hydroxylation is 2. The second-order valence-electron chi connectivity index (χ2n) is 11.6. The normalized spacial score (nSPS) is 16.1. The zero-order valence-corrected chi connectivity index (χ0v) is 24.6. The molecule has 0 saturated carbocycles. The van der Waals surface area contributed by atoms with Gasteiger partial charge in [-0.15, -0.1) is 11.3 Å². The summed E-state index contributed by atoms with van der Waals surface area (Å²) < 4.78 is 0. The SMILES string of the molecule is CC(C)c1cccc(C(C)C)c1NC(=O)N1CCN(c2nc(CN(C)C)nc3sc4c(c23)CCCC4)CC1. The van der Waals surface area contributed by atoms with Crippen molar-refractivity contribution < 1.29 is 4.79 Å². The van der Waals surface area contributed by atoms with Gasteiger partial charge < -0.3 is 20.0 Å². The molecule has 5 rings (SSSR count). The number of hydrogen-bond donors (Lipinski definition) is 1. The van der Waals surface area contributed by atoms with E-state index < -0.39 is 0 Å². The molecule has 204 valence electrons. The zero-order chi connectivity index (χ0) is 27.0. The Morgan fingerprint density at radius 1 is 1.00 bits per heavy atom. The van der Waals surface area contributed by atoms with E-state index in [1.165, 1.54) is 39.8 Å². The summed E-state index contributed by atoms with van der Waals surface area (Å²) in [5.41, 5.74) is 4.85. The van der Waals surface area contributed by atoms with Gasteiger partial charge in [0.1, 0.15) is 16.5 Å². The molecule has 0 radical (unpaired) electrons. The van der Waals surface area contributed by atoms with Gasteiger partial charge in [0, 0.05) is 36.7 Å². The van der Waals surface area contributed by atoms with Gasteiger partial charge in [0.15, 0.2) is 0 Å². The highest BCUT2D eigenvalue weighted by molar-refractivity contribution is 7.19. The number of aromatic nitrogens is 2. The number of benzene rings is 1. The van der Waals surface area contributed by atoms with E-state index >= 15 is 0 Å². The number of fused-ring (bicyclic) bond motifs is 3. The highest BCUT2D eigenvalue weighted by atomic mass is 32.1. The molecule has 2 amide bonds. The average molecular weight is 535 g/mol. The first kappa shape index (κ1) is 26.9. The molecule has 1 saturated heterocycles. The molecule has 0 bridgehead atoms. The molecule has 7 nitrogen and oxygen atoms in total. The van der Waals surface area contributed by atoms with E-state index in [-0.39, 0.29) is 6.03 Å². The molecule has 1 fully saturated rings. The lowest BCUT2D eigenvalue weighted by Crippen LogP contribution is -2.50. The van der Waals surface area contributed by atoms with Crippen LogP contribution in [0.25, 0.3) is 10.2 Å². The van der Waals surface area contributed by atoms with E-state index in [4.69, 9.17) is 9.97 Å². The minimum absolute atomic E-state index is 0.00584. The Morgan fingerprint density at radius 3 is 2.29 bits per heavy atom. The molecular formula is C30H42N6OS. The fourth-order valence-corrected chi connectivity index (χ4v) is 7.04. The van der Waals surface area contributed by atoms with E-state index in [1.807, 2.05) is 16.2 Å². The maximum absolute atomic E-state index is 13.5. The number of urea groups is 1. The smallest absolute Gasteiger partial charge is 0.321 e. The van der Waals surface area contributed by atoms with Crippen molar-refractivity contribution in [3.63, 3.8) is 0 Å². The third-order valence-electron chi connectivity index (χ3n) is 7.77. The average Bonchev–Trinajstić information content (AvgIpc) is 3.26. The first-order chi connectivity index (χ1) is 18.2. The van der Waals surface area contributed by atoms with Crippen molar-refractivity contribution in [3.05, 3.63) is 45.6 Å². The van der Waals surface area contributed by atoms with Gasteiger partial charge in [0.25, 0.3) is 0 Å². The lowest BCUT2D eigenvalue weighted by molar-refractivity contribution is 0.208. The quantitative estimate of drug-likeness (QED) is 0.406. The van der Waals surface area contributed by atoms with Crippen LogP contribution in [0.3, 0.4) is 0 Å². The van der Waals surface area contributed by atoms with Gasteiger partial charge in [-0.2, -0.15) is 0 Å². The van der Waals surface area contributed by atoms with Crippen LogP contribution in [0, 0.1) is 0 Å². The minimum Gasteiger partial charge on any atom is -0.352 e. The molecule has 0 atom stereocenters. The Balaban J connectivity index is 1.37. The summed E-state index contributed by atoms with van der Waals surface area (Å²) in [6.07, 6.45) is 4.78. The van der Waals surface area contributed by atoms with Gasteiger partial charge in [-0.25, -0.2) is 14.8 Å². The number of nitrogens with one attached hydrogen (secondary N) is 1. The van der Waals surface area contributed by atoms with Crippen LogP contribution in [0.2, 0.25) is 0 Å². The standard InChI is InChI=1S/C30H42N6OS/c1-19(2)21-11-9-12-22(20(3)4)27(21)33-30(37)36-16-14-35(15-17-36)28-26-23-10-7-8-13-24(23)38-29(26)32-25(31-28)18-34(5)6/h9,11-12,19-20H,7-8,10,13-18H2,1-6H3,(H,33,37). The molecule has 2 aromatic heterocycles. The lowest BCUT2D eigenvalue weighted by atomic mass is 9.93. The van der Waals surface area contributed by atoms with Crippen molar-refractivity contribution in [2.45, 2.75) is 71.8 Å². The van der Waals surface area contributed by atoms with E-state index in [1.54, 1.807) is 0 Å². The number of carbonyl (C=O) groups excluding carboxylic acids is 1. The van der Waals surface area contributed by atoms with Crippen molar-refractivity contribution in [2.24, 2.45) is 0 Å². The van der Waals surface area contributed by atoms with Crippen molar-refractivity contribution in [1.82, 2.24) is 19.8 Å². The topological polar surface area (TPSA) is 64.6 Å². The van der Waals surface area contributed by atoms with Crippen LogP contribution < -0.4 is 10.2 Å². The first-order valence-electron chi connectivity index (χ1n) is 14.1. The summed E-state index contributed by atoms with van der Waals surface area (Å²) >= 11 is 1.86. The molecular weight excluding hydrogens is 492 g/mol.